The highest BCUT2D eigenvalue weighted by Gasteiger charge is 2.11. The zero-order chi connectivity index (χ0) is 13.7. The van der Waals surface area contributed by atoms with Crippen molar-refractivity contribution in [3.05, 3.63) is 42.0 Å². The van der Waals surface area contributed by atoms with Crippen LogP contribution in [0.15, 0.2) is 36.4 Å². The predicted octanol–water partition coefficient (Wildman–Crippen LogP) is 3.46. The summed E-state index contributed by atoms with van der Waals surface area (Å²) in [7, 11) is 1.67. The molecule has 0 aliphatic rings. The summed E-state index contributed by atoms with van der Waals surface area (Å²) in [5, 5.41) is 1.97. The van der Waals surface area contributed by atoms with Crippen LogP contribution in [0.4, 0.5) is 0 Å². The van der Waals surface area contributed by atoms with Gasteiger partial charge in [-0.05, 0) is 23.8 Å². The van der Waals surface area contributed by atoms with Crippen LogP contribution in [-0.4, -0.2) is 26.1 Å². The third-order valence-electron chi connectivity index (χ3n) is 3.11. The van der Waals surface area contributed by atoms with E-state index in [4.69, 9.17) is 9.47 Å². The minimum Gasteiger partial charge on any atom is -0.490 e. The molecule has 0 fully saturated rings. The molecule has 2 rings (SSSR count). The summed E-state index contributed by atoms with van der Waals surface area (Å²) in [5.74, 6) is 0.636. The van der Waals surface area contributed by atoms with E-state index in [1.165, 1.54) is 0 Å². The van der Waals surface area contributed by atoms with Gasteiger partial charge in [-0.25, -0.2) is 0 Å². The summed E-state index contributed by atoms with van der Waals surface area (Å²) in [6.45, 7) is 2.62. The van der Waals surface area contributed by atoms with Gasteiger partial charge in [-0.1, -0.05) is 30.3 Å². The first-order valence-corrected chi connectivity index (χ1v) is 6.38. The van der Waals surface area contributed by atoms with Gasteiger partial charge < -0.3 is 9.47 Å². The smallest absolute Gasteiger partial charge is 0.154 e. The van der Waals surface area contributed by atoms with E-state index in [9.17, 15) is 4.79 Å². The number of ether oxygens (including phenoxy) is 2. The molecular formula is C16H18O3. The summed E-state index contributed by atoms with van der Waals surface area (Å²) >= 11 is 0. The first-order chi connectivity index (χ1) is 9.26. The summed E-state index contributed by atoms with van der Waals surface area (Å²) < 4.78 is 10.9. The number of carbonyl (C=O) groups is 1. The average Bonchev–Trinajstić information content (AvgIpc) is 2.45. The van der Waals surface area contributed by atoms with E-state index in [-0.39, 0.29) is 6.10 Å². The van der Waals surface area contributed by atoms with E-state index in [0.717, 1.165) is 23.5 Å². The van der Waals surface area contributed by atoms with Gasteiger partial charge in [-0.3, -0.25) is 4.79 Å². The van der Waals surface area contributed by atoms with Gasteiger partial charge in [-0.15, -0.1) is 0 Å². The van der Waals surface area contributed by atoms with Crippen LogP contribution in [0.25, 0.3) is 10.8 Å². The number of hydrogen-bond donors (Lipinski definition) is 0. The minimum absolute atomic E-state index is 0.0137. The first kappa shape index (κ1) is 13.6. The van der Waals surface area contributed by atoms with Crippen molar-refractivity contribution in [2.45, 2.75) is 19.4 Å². The Morgan fingerprint density at radius 2 is 2.00 bits per heavy atom. The van der Waals surface area contributed by atoms with E-state index in [1.54, 1.807) is 7.11 Å². The number of hydrogen-bond acceptors (Lipinski definition) is 3. The largest absolute Gasteiger partial charge is 0.490 e. The molecule has 0 saturated carbocycles. The van der Waals surface area contributed by atoms with Crippen LogP contribution in [0.2, 0.25) is 0 Å². The Kier molecular flexibility index (Phi) is 4.53. The maximum atomic E-state index is 11.3. The second-order valence-corrected chi connectivity index (χ2v) is 4.53. The van der Waals surface area contributed by atoms with Gasteiger partial charge in [0.15, 0.2) is 6.29 Å². The molecule has 0 N–H and O–H groups in total. The fourth-order valence-corrected chi connectivity index (χ4v) is 2.06. The first-order valence-electron chi connectivity index (χ1n) is 6.38. The lowest BCUT2D eigenvalue weighted by atomic mass is 10.0. The van der Waals surface area contributed by atoms with Crippen molar-refractivity contribution < 1.29 is 14.3 Å². The Morgan fingerprint density at radius 1 is 1.21 bits per heavy atom. The zero-order valence-corrected chi connectivity index (χ0v) is 11.3. The molecule has 0 aliphatic heterocycles. The van der Waals surface area contributed by atoms with Gasteiger partial charge in [-0.2, -0.15) is 0 Å². The zero-order valence-electron chi connectivity index (χ0n) is 11.3. The second kappa shape index (κ2) is 6.34. The highest BCUT2D eigenvalue weighted by Crippen LogP contribution is 2.27. The van der Waals surface area contributed by atoms with Crippen molar-refractivity contribution >= 4 is 17.1 Å². The van der Waals surface area contributed by atoms with Gasteiger partial charge in [0.2, 0.25) is 0 Å². The Hall–Kier alpha value is -1.87. The Bertz CT molecular complexity index is 563. The van der Waals surface area contributed by atoms with Crippen molar-refractivity contribution in [2.75, 3.05) is 13.7 Å². The molecule has 1 unspecified atom stereocenters. The van der Waals surface area contributed by atoms with Crippen LogP contribution in [0, 0.1) is 0 Å². The molecule has 3 heteroatoms. The topological polar surface area (TPSA) is 35.5 Å². The number of fused-ring (bicyclic) bond motifs is 1. The summed E-state index contributed by atoms with van der Waals surface area (Å²) in [5.41, 5.74) is 0.613. The SMILES string of the molecule is COCCC(C)Oc1ccc2ccccc2c1C=O. The quantitative estimate of drug-likeness (QED) is 0.744. The standard InChI is InChI=1S/C16H18O3/c1-12(9-10-18-2)19-16-8-7-13-5-3-4-6-14(13)15(16)11-17/h3-8,11-12H,9-10H2,1-2H3. The van der Waals surface area contributed by atoms with Crippen LogP contribution in [0.5, 0.6) is 5.75 Å². The van der Waals surface area contributed by atoms with Crippen molar-refractivity contribution in [1.82, 2.24) is 0 Å². The van der Waals surface area contributed by atoms with Gasteiger partial charge in [0.05, 0.1) is 11.7 Å². The summed E-state index contributed by atoms with van der Waals surface area (Å²) in [6, 6.07) is 11.6. The van der Waals surface area contributed by atoms with E-state index in [2.05, 4.69) is 0 Å². The lowest BCUT2D eigenvalue weighted by molar-refractivity contribution is 0.111. The minimum atomic E-state index is 0.0137. The highest BCUT2D eigenvalue weighted by atomic mass is 16.5. The van der Waals surface area contributed by atoms with Crippen LogP contribution in [0.3, 0.4) is 0 Å². The maximum absolute atomic E-state index is 11.3. The lowest BCUT2D eigenvalue weighted by Gasteiger charge is -2.16. The van der Waals surface area contributed by atoms with E-state index in [1.807, 2.05) is 43.3 Å². The highest BCUT2D eigenvalue weighted by molar-refractivity contribution is 6.00. The van der Waals surface area contributed by atoms with E-state index < -0.39 is 0 Å². The molecule has 3 nitrogen and oxygen atoms in total. The molecule has 0 aliphatic carbocycles. The van der Waals surface area contributed by atoms with Crippen molar-refractivity contribution in [3.63, 3.8) is 0 Å². The summed E-state index contributed by atoms with van der Waals surface area (Å²) in [6.07, 6.45) is 1.67. The molecule has 19 heavy (non-hydrogen) atoms. The number of rotatable bonds is 6. The molecule has 0 aromatic heterocycles. The van der Waals surface area contributed by atoms with Crippen LogP contribution in [-0.2, 0) is 4.74 Å². The molecule has 1 atom stereocenters. The molecule has 100 valence electrons. The third-order valence-corrected chi connectivity index (χ3v) is 3.11. The normalized spacial score (nSPS) is 12.3. The average molecular weight is 258 g/mol. The van der Waals surface area contributed by atoms with Crippen LogP contribution in [0.1, 0.15) is 23.7 Å². The molecule has 0 bridgehead atoms. The van der Waals surface area contributed by atoms with Crippen LogP contribution < -0.4 is 4.74 Å². The van der Waals surface area contributed by atoms with Gasteiger partial charge in [0.1, 0.15) is 5.75 Å². The molecule has 2 aromatic carbocycles. The number of carbonyl (C=O) groups excluding carboxylic acids is 1. The second-order valence-electron chi connectivity index (χ2n) is 4.53. The van der Waals surface area contributed by atoms with Crippen LogP contribution >= 0.6 is 0 Å². The molecule has 0 saturated heterocycles. The van der Waals surface area contributed by atoms with E-state index in [0.29, 0.717) is 17.9 Å². The van der Waals surface area contributed by atoms with Crippen molar-refractivity contribution in [3.8, 4) is 5.75 Å². The Labute approximate surface area is 113 Å². The number of benzene rings is 2. The predicted molar refractivity (Wildman–Crippen MR) is 75.9 cm³/mol. The molecule has 0 spiro atoms. The van der Waals surface area contributed by atoms with Crippen molar-refractivity contribution in [2.24, 2.45) is 0 Å². The molecular weight excluding hydrogens is 240 g/mol. The van der Waals surface area contributed by atoms with Gasteiger partial charge in [0, 0.05) is 20.1 Å². The third kappa shape index (κ3) is 3.12. The fourth-order valence-electron chi connectivity index (χ4n) is 2.06. The Morgan fingerprint density at radius 3 is 2.74 bits per heavy atom. The maximum Gasteiger partial charge on any atom is 0.154 e. The summed E-state index contributed by atoms with van der Waals surface area (Å²) in [4.78, 5) is 11.3. The number of aldehydes is 1. The number of methoxy groups -OCH3 is 1. The van der Waals surface area contributed by atoms with Crippen molar-refractivity contribution in [1.29, 1.82) is 0 Å². The Balaban J connectivity index is 2.30. The van der Waals surface area contributed by atoms with Gasteiger partial charge >= 0.3 is 0 Å². The fraction of sp³-hybridized carbons (Fsp3) is 0.312. The lowest BCUT2D eigenvalue weighted by Crippen LogP contribution is -2.15. The van der Waals surface area contributed by atoms with Gasteiger partial charge in [0.25, 0.3) is 0 Å². The monoisotopic (exact) mass is 258 g/mol. The molecule has 0 heterocycles. The molecule has 2 aromatic rings. The van der Waals surface area contributed by atoms with E-state index >= 15 is 0 Å². The molecule has 0 radical (unpaired) electrons. The molecule has 0 amide bonds.